The summed E-state index contributed by atoms with van der Waals surface area (Å²) in [5.41, 5.74) is 1.17. The maximum absolute atomic E-state index is 13.0. The summed E-state index contributed by atoms with van der Waals surface area (Å²) in [7, 11) is -3.57. The molecule has 9 nitrogen and oxygen atoms in total. The standard InChI is InChI=1S/C23H26N4O5S2/c1-2-31-19-11-9-18(10-12-19)24-21(28)16-33-23-26-25-22(32-23)17-7-6-8-20(15-17)34(29,30)27-13-4-3-5-14-27/h6-12,15H,2-5,13-14,16H2,1H3,(H,24,28). The molecule has 1 aromatic heterocycles. The summed E-state index contributed by atoms with van der Waals surface area (Å²) in [6.45, 7) is 3.55. The molecule has 34 heavy (non-hydrogen) atoms. The summed E-state index contributed by atoms with van der Waals surface area (Å²) in [4.78, 5) is 12.5. The van der Waals surface area contributed by atoms with Crippen molar-refractivity contribution in [3.63, 3.8) is 0 Å². The van der Waals surface area contributed by atoms with Crippen LogP contribution in [0, 0.1) is 0 Å². The van der Waals surface area contributed by atoms with Gasteiger partial charge in [0.15, 0.2) is 0 Å². The molecule has 0 aliphatic carbocycles. The van der Waals surface area contributed by atoms with Gasteiger partial charge in [-0.05, 0) is 62.2 Å². The fourth-order valence-electron chi connectivity index (χ4n) is 3.55. The number of hydrogen-bond donors (Lipinski definition) is 1. The van der Waals surface area contributed by atoms with Crippen molar-refractivity contribution in [2.75, 3.05) is 30.8 Å². The molecule has 0 unspecified atom stereocenters. The van der Waals surface area contributed by atoms with Gasteiger partial charge in [0.05, 0.1) is 17.3 Å². The van der Waals surface area contributed by atoms with Gasteiger partial charge in [0.25, 0.3) is 5.22 Å². The van der Waals surface area contributed by atoms with Gasteiger partial charge in [0.1, 0.15) is 5.75 Å². The fourth-order valence-corrected chi connectivity index (χ4v) is 5.68. The van der Waals surface area contributed by atoms with Gasteiger partial charge < -0.3 is 14.5 Å². The van der Waals surface area contributed by atoms with Crippen LogP contribution in [0.2, 0.25) is 0 Å². The predicted octanol–water partition coefficient (Wildman–Crippen LogP) is 4.04. The van der Waals surface area contributed by atoms with Crippen LogP contribution < -0.4 is 10.1 Å². The highest BCUT2D eigenvalue weighted by Gasteiger charge is 2.26. The second kappa shape index (κ2) is 11.0. The Morgan fingerprint density at radius 1 is 1.12 bits per heavy atom. The fraction of sp³-hybridized carbons (Fsp3) is 0.348. The molecule has 0 saturated carbocycles. The molecule has 11 heteroatoms. The van der Waals surface area contributed by atoms with Gasteiger partial charge in [0, 0.05) is 24.3 Å². The van der Waals surface area contributed by atoms with E-state index in [2.05, 4.69) is 15.5 Å². The van der Waals surface area contributed by atoms with Crippen molar-refractivity contribution >= 4 is 33.4 Å². The van der Waals surface area contributed by atoms with Crippen LogP contribution in [0.15, 0.2) is 63.1 Å². The lowest BCUT2D eigenvalue weighted by Crippen LogP contribution is -2.35. The summed E-state index contributed by atoms with van der Waals surface area (Å²) in [5, 5.41) is 11.0. The van der Waals surface area contributed by atoms with Crippen molar-refractivity contribution in [3.05, 3.63) is 48.5 Å². The van der Waals surface area contributed by atoms with Gasteiger partial charge in [-0.3, -0.25) is 4.79 Å². The maximum Gasteiger partial charge on any atom is 0.277 e. The highest BCUT2D eigenvalue weighted by molar-refractivity contribution is 7.99. The van der Waals surface area contributed by atoms with Gasteiger partial charge in [0.2, 0.25) is 21.8 Å². The molecule has 2 aromatic carbocycles. The zero-order valence-corrected chi connectivity index (χ0v) is 20.4. The number of carbonyl (C=O) groups excluding carboxylic acids is 1. The topological polar surface area (TPSA) is 115 Å². The van der Waals surface area contributed by atoms with Gasteiger partial charge in [-0.1, -0.05) is 24.2 Å². The summed E-state index contributed by atoms with van der Waals surface area (Å²) in [6, 6.07) is 13.6. The van der Waals surface area contributed by atoms with Gasteiger partial charge in [-0.25, -0.2) is 8.42 Å². The molecule has 2 heterocycles. The Kier molecular flexibility index (Phi) is 7.86. The first-order valence-electron chi connectivity index (χ1n) is 11.1. The zero-order valence-electron chi connectivity index (χ0n) is 18.8. The van der Waals surface area contributed by atoms with Crippen LogP contribution in [0.3, 0.4) is 0 Å². The SMILES string of the molecule is CCOc1ccc(NC(=O)CSc2nnc(-c3cccc(S(=O)(=O)N4CCCCC4)c3)o2)cc1. The lowest BCUT2D eigenvalue weighted by Gasteiger charge is -2.25. The second-order valence-corrected chi connectivity index (χ2v) is 10.5. The third-order valence-corrected chi connectivity index (χ3v) is 7.93. The minimum Gasteiger partial charge on any atom is -0.494 e. The zero-order chi connectivity index (χ0) is 24.0. The molecule has 3 aromatic rings. The van der Waals surface area contributed by atoms with E-state index in [1.54, 1.807) is 48.5 Å². The third kappa shape index (κ3) is 5.96. The van der Waals surface area contributed by atoms with Crippen molar-refractivity contribution in [3.8, 4) is 17.2 Å². The second-order valence-electron chi connectivity index (χ2n) is 7.66. The lowest BCUT2D eigenvalue weighted by atomic mass is 10.2. The number of sulfonamides is 1. The van der Waals surface area contributed by atoms with Crippen LogP contribution in [0.1, 0.15) is 26.2 Å². The summed E-state index contributed by atoms with van der Waals surface area (Å²) < 4.78 is 38.5. The van der Waals surface area contributed by atoms with Crippen molar-refractivity contribution in [2.24, 2.45) is 0 Å². The van der Waals surface area contributed by atoms with E-state index in [9.17, 15) is 13.2 Å². The van der Waals surface area contributed by atoms with E-state index in [0.717, 1.165) is 36.8 Å². The smallest absolute Gasteiger partial charge is 0.277 e. The Balaban J connectivity index is 1.37. The van der Waals surface area contributed by atoms with E-state index in [1.807, 2.05) is 6.92 Å². The normalized spacial score (nSPS) is 14.6. The molecule has 180 valence electrons. The molecular weight excluding hydrogens is 476 g/mol. The Hall–Kier alpha value is -2.89. The highest BCUT2D eigenvalue weighted by Crippen LogP contribution is 2.27. The largest absolute Gasteiger partial charge is 0.494 e. The number of carbonyl (C=O) groups is 1. The van der Waals surface area contributed by atoms with E-state index in [4.69, 9.17) is 9.15 Å². The molecule has 4 rings (SSSR count). The third-order valence-electron chi connectivity index (χ3n) is 5.22. The molecule has 1 saturated heterocycles. The lowest BCUT2D eigenvalue weighted by molar-refractivity contribution is -0.113. The molecule has 0 atom stereocenters. The average molecular weight is 503 g/mol. The quantitative estimate of drug-likeness (QED) is 0.436. The first-order chi connectivity index (χ1) is 16.5. The first-order valence-corrected chi connectivity index (χ1v) is 13.5. The number of nitrogens with one attached hydrogen (secondary N) is 1. The van der Waals surface area contributed by atoms with E-state index in [-0.39, 0.29) is 27.7 Å². The van der Waals surface area contributed by atoms with Crippen LogP contribution in [-0.2, 0) is 14.8 Å². The summed E-state index contributed by atoms with van der Waals surface area (Å²) in [5.74, 6) is 0.799. The Labute approximate surface area is 202 Å². The van der Waals surface area contributed by atoms with Crippen molar-refractivity contribution in [2.45, 2.75) is 36.3 Å². The molecule has 0 radical (unpaired) electrons. The van der Waals surface area contributed by atoms with Crippen LogP contribution >= 0.6 is 11.8 Å². The molecule has 1 fully saturated rings. The number of thioether (sulfide) groups is 1. The number of anilines is 1. The molecule has 1 aliphatic rings. The van der Waals surface area contributed by atoms with E-state index < -0.39 is 10.0 Å². The van der Waals surface area contributed by atoms with E-state index in [1.165, 1.54) is 4.31 Å². The highest BCUT2D eigenvalue weighted by atomic mass is 32.2. The minimum atomic E-state index is -3.57. The van der Waals surface area contributed by atoms with Crippen LogP contribution in [0.4, 0.5) is 5.69 Å². The van der Waals surface area contributed by atoms with Crippen molar-refractivity contribution in [1.29, 1.82) is 0 Å². The predicted molar refractivity (Wildman–Crippen MR) is 129 cm³/mol. The number of piperidine rings is 1. The average Bonchev–Trinajstić information content (AvgIpc) is 3.34. The number of ether oxygens (including phenoxy) is 1. The molecular formula is C23H26N4O5S2. The number of aromatic nitrogens is 2. The van der Waals surface area contributed by atoms with E-state index >= 15 is 0 Å². The van der Waals surface area contributed by atoms with Crippen LogP contribution in [0.5, 0.6) is 5.75 Å². The monoisotopic (exact) mass is 502 g/mol. The molecule has 0 spiro atoms. The molecule has 1 N–H and O–H groups in total. The summed E-state index contributed by atoms with van der Waals surface area (Å²) in [6.07, 6.45) is 2.79. The molecule has 1 aliphatic heterocycles. The summed E-state index contributed by atoms with van der Waals surface area (Å²) >= 11 is 1.10. The molecule has 0 bridgehead atoms. The minimum absolute atomic E-state index is 0.0816. The number of nitrogens with zero attached hydrogens (tertiary/aromatic N) is 3. The number of hydrogen-bond acceptors (Lipinski definition) is 8. The Morgan fingerprint density at radius 3 is 2.62 bits per heavy atom. The number of benzene rings is 2. The first kappa shape index (κ1) is 24.2. The van der Waals surface area contributed by atoms with E-state index in [0.29, 0.717) is 30.9 Å². The maximum atomic E-state index is 13.0. The van der Waals surface area contributed by atoms with Crippen LogP contribution in [0.25, 0.3) is 11.5 Å². The van der Waals surface area contributed by atoms with Gasteiger partial charge in [-0.15, -0.1) is 10.2 Å². The Bertz CT molecular complexity index is 1220. The van der Waals surface area contributed by atoms with Crippen molar-refractivity contribution in [1.82, 2.24) is 14.5 Å². The van der Waals surface area contributed by atoms with Gasteiger partial charge >= 0.3 is 0 Å². The van der Waals surface area contributed by atoms with Crippen molar-refractivity contribution < 1.29 is 22.4 Å². The van der Waals surface area contributed by atoms with Gasteiger partial charge in [-0.2, -0.15) is 4.31 Å². The molecule has 1 amide bonds. The van der Waals surface area contributed by atoms with Crippen LogP contribution in [-0.4, -0.2) is 54.3 Å². The number of amides is 1. The Morgan fingerprint density at radius 2 is 1.88 bits per heavy atom. The number of rotatable bonds is 9.